The molecule has 0 aliphatic carbocycles. The molecule has 35 heavy (non-hydrogen) atoms. The third-order valence-corrected chi connectivity index (χ3v) is 7.90. The topological polar surface area (TPSA) is 0 Å². The van der Waals surface area contributed by atoms with Crippen molar-refractivity contribution in [2.75, 3.05) is 0 Å². The molecule has 0 radical (unpaired) electrons. The van der Waals surface area contributed by atoms with Crippen LogP contribution in [0.4, 0.5) is 0 Å². The van der Waals surface area contributed by atoms with Crippen LogP contribution >= 0.6 is 35.0 Å². The van der Waals surface area contributed by atoms with E-state index >= 15 is 0 Å². The van der Waals surface area contributed by atoms with Gasteiger partial charge in [0.25, 0.3) is 0 Å². The highest BCUT2D eigenvalue weighted by molar-refractivity contribution is 8.00. The van der Waals surface area contributed by atoms with Gasteiger partial charge in [-0.15, -0.1) is 11.8 Å². The van der Waals surface area contributed by atoms with Crippen LogP contribution in [0, 0.1) is 13.8 Å². The first kappa shape index (κ1) is 25.4. The minimum Gasteiger partial charge on any atom is -0.137 e. The Morgan fingerprint density at radius 1 is 0.543 bits per heavy atom. The largest absolute Gasteiger partial charge is 0.137 e. The summed E-state index contributed by atoms with van der Waals surface area (Å²) in [5.74, 6) is 0. The van der Waals surface area contributed by atoms with Crippen molar-refractivity contribution in [3.05, 3.63) is 153 Å². The number of aryl methyl sites for hydroxylation is 2. The summed E-state index contributed by atoms with van der Waals surface area (Å²) >= 11 is 15.2. The average molecular weight is 516 g/mol. The van der Waals surface area contributed by atoms with Crippen LogP contribution in [-0.2, 0) is 0 Å². The van der Waals surface area contributed by atoms with E-state index in [4.69, 9.17) is 23.2 Å². The van der Waals surface area contributed by atoms with Gasteiger partial charge in [-0.2, -0.15) is 0 Å². The maximum Gasteiger partial charge on any atom is 0.0504 e. The summed E-state index contributed by atoms with van der Waals surface area (Å²) in [5, 5.41) is 1.60. The third-order valence-electron chi connectivity index (χ3n) is 5.80. The molecule has 0 amide bonds. The lowest BCUT2D eigenvalue weighted by atomic mass is 10.1. The molecule has 4 rings (SSSR count). The van der Waals surface area contributed by atoms with E-state index in [1.165, 1.54) is 11.1 Å². The van der Waals surface area contributed by atoms with Gasteiger partial charge in [0.1, 0.15) is 0 Å². The second kappa shape index (κ2) is 12.3. The molecular weight excluding hydrogens is 487 g/mol. The first-order valence-electron chi connectivity index (χ1n) is 11.6. The summed E-state index contributed by atoms with van der Waals surface area (Å²) < 4.78 is 0. The van der Waals surface area contributed by atoms with Crippen LogP contribution in [0.25, 0.3) is 12.2 Å². The molecule has 0 nitrogen and oxygen atoms in total. The predicted molar refractivity (Wildman–Crippen MR) is 156 cm³/mol. The number of thioether (sulfide) groups is 1. The zero-order valence-electron chi connectivity index (χ0n) is 19.9. The predicted octanol–water partition coefficient (Wildman–Crippen LogP) is 10.6. The molecule has 0 fully saturated rings. The first-order chi connectivity index (χ1) is 17.0. The summed E-state index contributed by atoms with van der Waals surface area (Å²) in [4.78, 5) is 0. The fourth-order valence-corrected chi connectivity index (χ4v) is 5.76. The van der Waals surface area contributed by atoms with Gasteiger partial charge < -0.3 is 0 Å². The molecule has 4 aromatic rings. The van der Waals surface area contributed by atoms with Crippen LogP contribution in [-0.4, -0.2) is 0 Å². The van der Waals surface area contributed by atoms with E-state index < -0.39 is 0 Å². The van der Waals surface area contributed by atoms with Gasteiger partial charge in [-0.05, 0) is 48.2 Å². The Bertz CT molecular complexity index is 1200. The highest BCUT2D eigenvalue weighted by Gasteiger charge is 2.20. The van der Waals surface area contributed by atoms with Gasteiger partial charge in [0, 0.05) is 10.0 Å². The van der Waals surface area contributed by atoms with Crippen LogP contribution in [0.3, 0.4) is 0 Å². The minimum atomic E-state index is 0.0361. The second-order valence-electron chi connectivity index (χ2n) is 8.56. The molecule has 0 aliphatic heterocycles. The van der Waals surface area contributed by atoms with Gasteiger partial charge in [-0.1, -0.05) is 144 Å². The first-order valence-corrected chi connectivity index (χ1v) is 13.3. The number of benzene rings is 4. The van der Waals surface area contributed by atoms with Gasteiger partial charge in [0.2, 0.25) is 0 Å². The zero-order valence-corrected chi connectivity index (χ0v) is 22.2. The second-order valence-corrected chi connectivity index (χ2v) is 10.7. The molecule has 0 aliphatic rings. The lowest BCUT2D eigenvalue weighted by molar-refractivity contribution is 1.17. The van der Waals surface area contributed by atoms with Gasteiger partial charge in [-0.3, -0.25) is 0 Å². The van der Waals surface area contributed by atoms with Crippen LogP contribution in [0.1, 0.15) is 43.9 Å². The van der Waals surface area contributed by atoms with Crippen molar-refractivity contribution < 1.29 is 0 Å². The maximum absolute atomic E-state index is 6.68. The normalized spacial score (nSPS) is 13.4. The van der Waals surface area contributed by atoms with E-state index in [-0.39, 0.29) is 10.5 Å². The highest BCUT2D eigenvalue weighted by atomic mass is 35.5. The van der Waals surface area contributed by atoms with Crippen molar-refractivity contribution in [2.24, 2.45) is 0 Å². The van der Waals surface area contributed by atoms with Crippen molar-refractivity contribution in [1.82, 2.24) is 0 Å². The van der Waals surface area contributed by atoms with Crippen LogP contribution in [0.5, 0.6) is 0 Å². The monoisotopic (exact) mass is 514 g/mol. The molecule has 0 N–H and O–H groups in total. The zero-order chi connectivity index (χ0) is 24.6. The molecule has 176 valence electrons. The number of hydrogen-bond donors (Lipinski definition) is 0. The third kappa shape index (κ3) is 7.15. The van der Waals surface area contributed by atoms with Crippen LogP contribution in [0.2, 0.25) is 10.0 Å². The molecule has 2 unspecified atom stereocenters. The molecule has 0 heterocycles. The fraction of sp³-hybridized carbons (Fsp3) is 0.125. The van der Waals surface area contributed by atoms with Gasteiger partial charge in [-0.25, -0.2) is 0 Å². The standard InChI is InChI=1S/C32H28Cl2S/c1-23-11-15-25(16-12-23)19-21-31(27-7-3-5-9-29(27)33)35-32(28-8-4-6-10-30(28)34)22-20-26-17-13-24(2)14-18-26/h3-22,31-32H,1-2H3/b21-19-,22-20-. The molecule has 4 aromatic carbocycles. The summed E-state index contributed by atoms with van der Waals surface area (Å²) in [7, 11) is 0. The van der Waals surface area contributed by atoms with E-state index in [9.17, 15) is 0 Å². The van der Waals surface area contributed by atoms with E-state index in [2.05, 4.69) is 98.8 Å². The van der Waals surface area contributed by atoms with Gasteiger partial charge in [0.15, 0.2) is 0 Å². The van der Waals surface area contributed by atoms with E-state index in [0.29, 0.717) is 0 Å². The summed E-state index contributed by atoms with van der Waals surface area (Å²) in [5.41, 5.74) is 7.00. The Morgan fingerprint density at radius 3 is 1.29 bits per heavy atom. The molecule has 0 spiro atoms. The Kier molecular flexibility index (Phi) is 8.93. The van der Waals surface area contributed by atoms with Crippen molar-refractivity contribution >= 4 is 47.1 Å². The minimum absolute atomic E-state index is 0.0361. The Morgan fingerprint density at radius 2 is 0.914 bits per heavy atom. The smallest absolute Gasteiger partial charge is 0.0504 e. The van der Waals surface area contributed by atoms with Crippen molar-refractivity contribution in [3.63, 3.8) is 0 Å². The van der Waals surface area contributed by atoms with E-state index in [1.807, 2.05) is 48.2 Å². The molecule has 0 saturated carbocycles. The number of halogens is 2. The molecular formula is C32H28Cl2S. The van der Waals surface area contributed by atoms with Crippen LogP contribution < -0.4 is 0 Å². The van der Waals surface area contributed by atoms with Crippen molar-refractivity contribution in [2.45, 2.75) is 24.3 Å². The quantitative estimate of drug-likeness (QED) is 0.225. The van der Waals surface area contributed by atoms with E-state index in [0.717, 1.165) is 32.3 Å². The summed E-state index contributed by atoms with van der Waals surface area (Å²) in [6.07, 6.45) is 8.82. The Balaban J connectivity index is 1.71. The lowest BCUT2D eigenvalue weighted by Gasteiger charge is -2.22. The SMILES string of the molecule is Cc1ccc(/C=C\C(SC(/C=C\c2ccc(C)cc2)c2ccccc2Cl)c2ccccc2Cl)cc1. The Hall–Kier alpha value is -2.71. The molecule has 2 atom stereocenters. The molecule has 3 heteroatoms. The van der Waals surface area contributed by atoms with Gasteiger partial charge >= 0.3 is 0 Å². The van der Waals surface area contributed by atoms with Gasteiger partial charge in [0.05, 0.1) is 10.5 Å². The maximum atomic E-state index is 6.68. The fourth-order valence-electron chi connectivity index (χ4n) is 3.77. The van der Waals surface area contributed by atoms with E-state index in [1.54, 1.807) is 0 Å². The van der Waals surface area contributed by atoms with Crippen LogP contribution in [0.15, 0.2) is 109 Å². The number of rotatable bonds is 8. The van der Waals surface area contributed by atoms with Crippen molar-refractivity contribution in [1.29, 1.82) is 0 Å². The Labute approximate surface area is 223 Å². The summed E-state index contributed by atoms with van der Waals surface area (Å²) in [6, 6.07) is 33.2. The molecule has 0 aromatic heterocycles. The number of hydrogen-bond acceptors (Lipinski definition) is 1. The molecule has 0 saturated heterocycles. The average Bonchev–Trinajstić information content (AvgIpc) is 2.87. The molecule has 0 bridgehead atoms. The lowest BCUT2D eigenvalue weighted by Crippen LogP contribution is -1.98. The highest BCUT2D eigenvalue weighted by Crippen LogP contribution is 2.46. The van der Waals surface area contributed by atoms with Crippen molar-refractivity contribution in [3.8, 4) is 0 Å². The summed E-state index contributed by atoms with van der Waals surface area (Å²) in [6.45, 7) is 4.20.